The molecule has 2 aromatic heterocycles. The number of nitrogens with one attached hydrogen (secondary N) is 1. The fourth-order valence-electron chi connectivity index (χ4n) is 1.35. The minimum atomic E-state index is 0.958. The summed E-state index contributed by atoms with van der Waals surface area (Å²) in [5.74, 6) is 0.958. The third kappa shape index (κ3) is 1.46. The van der Waals surface area contributed by atoms with Gasteiger partial charge in [0.25, 0.3) is 0 Å². The average molecular weight is 188 g/mol. The van der Waals surface area contributed by atoms with Crippen LogP contribution in [0.5, 0.6) is 0 Å². The summed E-state index contributed by atoms with van der Waals surface area (Å²) in [6.07, 6.45) is 7.30. The Balaban J connectivity index is 2.47. The molecule has 0 saturated heterocycles. The molecule has 0 aliphatic carbocycles. The molecule has 0 aliphatic rings. The summed E-state index contributed by atoms with van der Waals surface area (Å²) in [6.45, 7) is 1.96. The topological polar surface area (TPSA) is 42.7 Å². The molecule has 0 saturated carbocycles. The predicted octanol–water partition coefficient (Wildman–Crippen LogP) is 1.62. The normalized spacial score (nSPS) is 10.1. The van der Waals surface area contributed by atoms with Crippen LogP contribution in [0.15, 0.2) is 30.9 Å². The van der Waals surface area contributed by atoms with Crippen LogP contribution < -0.4 is 5.32 Å². The van der Waals surface area contributed by atoms with Crippen LogP contribution in [0.1, 0.15) is 5.82 Å². The maximum absolute atomic E-state index is 4.16. The second-order valence-electron chi connectivity index (χ2n) is 3.03. The van der Waals surface area contributed by atoms with Crippen molar-refractivity contribution in [3.8, 4) is 5.69 Å². The fourth-order valence-corrected chi connectivity index (χ4v) is 1.35. The molecule has 1 N–H and O–H groups in total. The summed E-state index contributed by atoms with van der Waals surface area (Å²) in [5, 5.41) is 3.05. The van der Waals surface area contributed by atoms with E-state index in [9.17, 15) is 0 Å². The fraction of sp³-hybridized carbons (Fsp3) is 0.200. The van der Waals surface area contributed by atoms with Gasteiger partial charge in [-0.2, -0.15) is 0 Å². The number of nitrogens with zero attached hydrogens (tertiary/aromatic N) is 3. The van der Waals surface area contributed by atoms with Crippen LogP contribution in [-0.4, -0.2) is 21.6 Å². The van der Waals surface area contributed by atoms with Crippen molar-refractivity contribution in [3.05, 3.63) is 36.7 Å². The number of hydrogen-bond donors (Lipinski definition) is 1. The van der Waals surface area contributed by atoms with Crippen LogP contribution in [0, 0.1) is 6.92 Å². The van der Waals surface area contributed by atoms with Gasteiger partial charge in [-0.25, -0.2) is 4.98 Å². The number of aryl methyl sites for hydroxylation is 1. The van der Waals surface area contributed by atoms with Gasteiger partial charge < -0.3 is 9.88 Å². The Labute approximate surface area is 82.6 Å². The lowest BCUT2D eigenvalue weighted by atomic mass is 10.3. The van der Waals surface area contributed by atoms with Crippen molar-refractivity contribution in [2.45, 2.75) is 6.92 Å². The highest BCUT2D eigenvalue weighted by Crippen LogP contribution is 2.13. The monoisotopic (exact) mass is 188 g/mol. The lowest BCUT2D eigenvalue weighted by Crippen LogP contribution is -1.98. The quantitative estimate of drug-likeness (QED) is 0.778. The summed E-state index contributed by atoms with van der Waals surface area (Å²) in [7, 11) is 1.88. The van der Waals surface area contributed by atoms with E-state index in [4.69, 9.17) is 0 Å². The minimum absolute atomic E-state index is 0.958. The molecule has 0 spiro atoms. The largest absolute Gasteiger partial charge is 0.387 e. The molecular formula is C10H12N4. The standard InChI is InChI=1S/C10H12N4/c1-8-13-3-4-14(8)10-5-9(11-2)6-12-7-10/h3-7,11H,1-2H3. The number of pyridine rings is 1. The molecule has 0 aliphatic heterocycles. The second kappa shape index (κ2) is 3.49. The van der Waals surface area contributed by atoms with E-state index in [1.165, 1.54) is 0 Å². The molecule has 2 rings (SSSR count). The van der Waals surface area contributed by atoms with E-state index in [0.717, 1.165) is 17.2 Å². The first kappa shape index (κ1) is 8.74. The molecule has 0 bridgehead atoms. The number of aromatic nitrogens is 3. The Morgan fingerprint density at radius 2 is 2.21 bits per heavy atom. The summed E-state index contributed by atoms with van der Waals surface area (Å²) in [4.78, 5) is 8.30. The zero-order valence-electron chi connectivity index (χ0n) is 8.23. The van der Waals surface area contributed by atoms with Gasteiger partial charge in [-0.15, -0.1) is 0 Å². The maximum Gasteiger partial charge on any atom is 0.110 e. The molecule has 0 fully saturated rings. The van der Waals surface area contributed by atoms with E-state index in [1.807, 2.05) is 37.0 Å². The lowest BCUT2D eigenvalue weighted by molar-refractivity contribution is 0.965. The van der Waals surface area contributed by atoms with E-state index in [0.29, 0.717) is 0 Å². The Kier molecular flexibility index (Phi) is 2.18. The Hall–Kier alpha value is -1.84. The van der Waals surface area contributed by atoms with Crippen molar-refractivity contribution >= 4 is 5.69 Å². The van der Waals surface area contributed by atoms with Crippen LogP contribution >= 0.6 is 0 Å². The summed E-state index contributed by atoms with van der Waals surface area (Å²) >= 11 is 0. The minimum Gasteiger partial charge on any atom is -0.387 e. The van der Waals surface area contributed by atoms with Gasteiger partial charge in [0, 0.05) is 19.4 Å². The van der Waals surface area contributed by atoms with Crippen LogP contribution in [0.25, 0.3) is 5.69 Å². The molecule has 0 amide bonds. The third-order valence-corrected chi connectivity index (χ3v) is 2.12. The highest BCUT2D eigenvalue weighted by molar-refractivity contribution is 5.48. The van der Waals surface area contributed by atoms with E-state index >= 15 is 0 Å². The summed E-state index contributed by atoms with van der Waals surface area (Å²) < 4.78 is 1.99. The van der Waals surface area contributed by atoms with E-state index in [1.54, 1.807) is 12.4 Å². The molecular weight excluding hydrogens is 176 g/mol. The molecule has 2 aromatic rings. The van der Waals surface area contributed by atoms with E-state index in [-0.39, 0.29) is 0 Å². The SMILES string of the molecule is CNc1cncc(-n2ccnc2C)c1. The Morgan fingerprint density at radius 3 is 2.86 bits per heavy atom. The first-order chi connectivity index (χ1) is 6.81. The Bertz CT molecular complexity index is 433. The Morgan fingerprint density at radius 1 is 1.36 bits per heavy atom. The molecule has 4 nitrogen and oxygen atoms in total. The molecule has 72 valence electrons. The molecule has 14 heavy (non-hydrogen) atoms. The van der Waals surface area contributed by atoms with Gasteiger partial charge in [0.1, 0.15) is 5.82 Å². The lowest BCUT2D eigenvalue weighted by Gasteiger charge is -2.06. The number of hydrogen-bond acceptors (Lipinski definition) is 3. The van der Waals surface area contributed by atoms with Crippen LogP contribution in [0.3, 0.4) is 0 Å². The van der Waals surface area contributed by atoms with Crippen molar-refractivity contribution in [1.82, 2.24) is 14.5 Å². The zero-order chi connectivity index (χ0) is 9.97. The van der Waals surface area contributed by atoms with Gasteiger partial charge in [0.05, 0.1) is 23.8 Å². The van der Waals surface area contributed by atoms with Crippen LogP contribution in [0.4, 0.5) is 5.69 Å². The van der Waals surface area contributed by atoms with Gasteiger partial charge in [-0.3, -0.25) is 4.98 Å². The molecule has 2 heterocycles. The van der Waals surface area contributed by atoms with Gasteiger partial charge >= 0.3 is 0 Å². The highest BCUT2D eigenvalue weighted by Gasteiger charge is 2.00. The van der Waals surface area contributed by atoms with Gasteiger partial charge in [-0.05, 0) is 13.0 Å². The first-order valence-corrected chi connectivity index (χ1v) is 4.44. The predicted molar refractivity (Wildman–Crippen MR) is 55.6 cm³/mol. The van der Waals surface area contributed by atoms with Crippen molar-refractivity contribution < 1.29 is 0 Å². The van der Waals surface area contributed by atoms with Gasteiger partial charge in [0.2, 0.25) is 0 Å². The molecule has 4 heteroatoms. The maximum atomic E-state index is 4.16. The molecule has 0 radical (unpaired) electrons. The molecule has 0 aromatic carbocycles. The molecule has 0 atom stereocenters. The number of imidazole rings is 1. The number of rotatable bonds is 2. The molecule has 0 unspecified atom stereocenters. The number of anilines is 1. The van der Waals surface area contributed by atoms with Crippen molar-refractivity contribution in [3.63, 3.8) is 0 Å². The zero-order valence-corrected chi connectivity index (χ0v) is 8.23. The van der Waals surface area contributed by atoms with E-state index in [2.05, 4.69) is 15.3 Å². The summed E-state index contributed by atoms with van der Waals surface area (Å²) in [5.41, 5.74) is 2.02. The smallest absolute Gasteiger partial charge is 0.110 e. The van der Waals surface area contributed by atoms with Crippen LogP contribution in [0.2, 0.25) is 0 Å². The van der Waals surface area contributed by atoms with Crippen molar-refractivity contribution in [2.24, 2.45) is 0 Å². The average Bonchev–Trinajstić information content (AvgIpc) is 2.65. The van der Waals surface area contributed by atoms with Gasteiger partial charge in [0.15, 0.2) is 0 Å². The van der Waals surface area contributed by atoms with Crippen LogP contribution in [-0.2, 0) is 0 Å². The third-order valence-electron chi connectivity index (χ3n) is 2.12. The summed E-state index contributed by atoms with van der Waals surface area (Å²) in [6, 6.07) is 2.03. The first-order valence-electron chi connectivity index (χ1n) is 4.44. The van der Waals surface area contributed by atoms with Gasteiger partial charge in [-0.1, -0.05) is 0 Å². The second-order valence-corrected chi connectivity index (χ2v) is 3.03. The highest BCUT2D eigenvalue weighted by atomic mass is 15.1. The van der Waals surface area contributed by atoms with Crippen molar-refractivity contribution in [1.29, 1.82) is 0 Å². The van der Waals surface area contributed by atoms with Crippen molar-refractivity contribution in [2.75, 3.05) is 12.4 Å². The van der Waals surface area contributed by atoms with E-state index < -0.39 is 0 Å².